The summed E-state index contributed by atoms with van der Waals surface area (Å²) in [7, 11) is 0. The first-order valence-electron chi connectivity index (χ1n) is 8.82. The van der Waals surface area contributed by atoms with E-state index in [2.05, 4.69) is 47.5 Å². The summed E-state index contributed by atoms with van der Waals surface area (Å²) in [5.74, 6) is 1.88. The zero-order valence-corrected chi connectivity index (χ0v) is 13.4. The SMILES string of the molecule is CC1CCCC(CN2CCCNC(c3ccccc3)C2)C1. The van der Waals surface area contributed by atoms with Crippen LogP contribution in [0.1, 0.15) is 50.6 Å². The first-order valence-corrected chi connectivity index (χ1v) is 8.82. The van der Waals surface area contributed by atoms with E-state index in [1.165, 1.54) is 57.3 Å². The van der Waals surface area contributed by atoms with Crippen LogP contribution in [0.2, 0.25) is 0 Å². The van der Waals surface area contributed by atoms with E-state index in [9.17, 15) is 0 Å². The molecule has 1 saturated heterocycles. The molecule has 0 spiro atoms. The van der Waals surface area contributed by atoms with Crippen LogP contribution in [0.3, 0.4) is 0 Å². The molecule has 1 N–H and O–H groups in total. The molecule has 0 aromatic heterocycles. The molecule has 3 rings (SSSR count). The number of rotatable bonds is 3. The minimum absolute atomic E-state index is 0.509. The number of nitrogens with zero attached hydrogens (tertiary/aromatic N) is 1. The first-order chi connectivity index (χ1) is 10.3. The van der Waals surface area contributed by atoms with Crippen molar-refractivity contribution in [1.29, 1.82) is 0 Å². The van der Waals surface area contributed by atoms with Gasteiger partial charge in [0.2, 0.25) is 0 Å². The summed E-state index contributed by atoms with van der Waals surface area (Å²) < 4.78 is 0. The number of nitrogens with one attached hydrogen (secondary N) is 1. The van der Waals surface area contributed by atoms with Gasteiger partial charge in [0.1, 0.15) is 0 Å². The largest absolute Gasteiger partial charge is 0.309 e. The minimum atomic E-state index is 0.509. The van der Waals surface area contributed by atoms with Crippen LogP contribution in [-0.2, 0) is 0 Å². The van der Waals surface area contributed by atoms with Crippen molar-refractivity contribution >= 4 is 0 Å². The Morgan fingerprint density at radius 1 is 1.14 bits per heavy atom. The van der Waals surface area contributed by atoms with E-state index in [4.69, 9.17) is 0 Å². The zero-order chi connectivity index (χ0) is 14.5. The summed E-state index contributed by atoms with van der Waals surface area (Å²) in [5, 5.41) is 3.73. The molecular weight excluding hydrogens is 256 g/mol. The van der Waals surface area contributed by atoms with Crippen LogP contribution in [0.25, 0.3) is 0 Å². The molecule has 1 heterocycles. The topological polar surface area (TPSA) is 15.3 Å². The third-order valence-electron chi connectivity index (χ3n) is 5.25. The van der Waals surface area contributed by atoms with Gasteiger partial charge in [0.15, 0.2) is 0 Å². The Morgan fingerprint density at radius 2 is 2.00 bits per heavy atom. The number of hydrogen-bond donors (Lipinski definition) is 1. The lowest BCUT2D eigenvalue weighted by atomic mass is 9.82. The quantitative estimate of drug-likeness (QED) is 0.908. The van der Waals surface area contributed by atoms with Gasteiger partial charge in [-0.25, -0.2) is 0 Å². The average Bonchev–Trinajstić information content (AvgIpc) is 2.74. The van der Waals surface area contributed by atoms with E-state index >= 15 is 0 Å². The highest BCUT2D eigenvalue weighted by Crippen LogP contribution is 2.30. The van der Waals surface area contributed by atoms with E-state index in [0.29, 0.717) is 6.04 Å². The Balaban J connectivity index is 1.60. The minimum Gasteiger partial charge on any atom is -0.309 e. The van der Waals surface area contributed by atoms with Crippen LogP contribution in [0.4, 0.5) is 0 Å². The van der Waals surface area contributed by atoms with Gasteiger partial charge < -0.3 is 10.2 Å². The molecule has 2 nitrogen and oxygen atoms in total. The highest BCUT2D eigenvalue weighted by atomic mass is 15.2. The molecule has 1 aromatic rings. The number of benzene rings is 1. The second kappa shape index (κ2) is 7.42. The van der Waals surface area contributed by atoms with Gasteiger partial charge in [-0.3, -0.25) is 0 Å². The highest BCUT2D eigenvalue weighted by Gasteiger charge is 2.24. The van der Waals surface area contributed by atoms with Crippen LogP contribution >= 0.6 is 0 Å². The summed E-state index contributed by atoms with van der Waals surface area (Å²) >= 11 is 0. The van der Waals surface area contributed by atoms with Crippen molar-refractivity contribution in [2.24, 2.45) is 11.8 Å². The molecule has 2 aliphatic rings. The molecule has 1 aromatic carbocycles. The second-order valence-electron chi connectivity index (χ2n) is 7.17. The van der Waals surface area contributed by atoms with Gasteiger partial charge in [0.05, 0.1) is 0 Å². The van der Waals surface area contributed by atoms with E-state index in [1.54, 1.807) is 0 Å². The predicted octanol–water partition coefficient (Wildman–Crippen LogP) is 3.85. The van der Waals surface area contributed by atoms with Gasteiger partial charge in [-0.05, 0) is 49.8 Å². The lowest BCUT2D eigenvalue weighted by Gasteiger charge is -2.32. The third-order valence-corrected chi connectivity index (χ3v) is 5.25. The van der Waals surface area contributed by atoms with Crippen molar-refractivity contribution in [2.75, 3.05) is 26.2 Å². The molecule has 2 fully saturated rings. The summed E-state index contributed by atoms with van der Waals surface area (Å²) in [6, 6.07) is 11.5. The maximum absolute atomic E-state index is 3.73. The van der Waals surface area contributed by atoms with Gasteiger partial charge >= 0.3 is 0 Å². The highest BCUT2D eigenvalue weighted by molar-refractivity contribution is 5.19. The smallest absolute Gasteiger partial charge is 0.0449 e. The van der Waals surface area contributed by atoms with E-state index in [-0.39, 0.29) is 0 Å². The van der Waals surface area contributed by atoms with E-state index in [1.807, 2.05) is 0 Å². The third kappa shape index (κ3) is 4.31. The summed E-state index contributed by atoms with van der Waals surface area (Å²) in [6.07, 6.45) is 7.07. The first kappa shape index (κ1) is 15.1. The molecule has 21 heavy (non-hydrogen) atoms. The Kier molecular flexibility index (Phi) is 5.32. The van der Waals surface area contributed by atoms with Crippen molar-refractivity contribution in [1.82, 2.24) is 10.2 Å². The number of hydrogen-bond acceptors (Lipinski definition) is 2. The summed E-state index contributed by atoms with van der Waals surface area (Å²) in [4.78, 5) is 2.72. The predicted molar refractivity (Wildman–Crippen MR) is 89.4 cm³/mol. The van der Waals surface area contributed by atoms with Crippen molar-refractivity contribution in [3.05, 3.63) is 35.9 Å². The Labute approximate surface area is 129 Å². The van der Waals surface area contributed by atoms with Gasteiger partial charge in [0.25, 0.3) is 0 Å². The van der Waals surface area contributed by atoms with Gasteiger partial charge in [-0.15, -0.1) is 0 Å². The molecule has 0 radical (unpaired) electrons. The Bertz CT molecular complexity index is 417. The average molecular weight is 286 g/mol. The van der Waals surface area contributed by atoms with E-state index < -0.39 is 0 Å². The van der Waals surface area contributed by atoms with Crippen molar-refractivity contribution in [3.8, 4) is 0 Å². The standard InChI is InChI=1S/C19H30N2/c1-16-7-5-8-17(13-16)14-21-12-6-11-20-19(15-21)18-9-3-2-4-10-18/h2-4,9-10,16-17,19-20H,5-8,11-15H2,1H3. The molecule has 2 heteroatoms. The zero-order valence-electron chi connectivity index (χ0n) is 13.4. The van der Waals surface area contributed by atoms with Gasteiger partial charge in [-0.1, -0.05) is 50.1 Å². The lowest BCUT2D eigenvalue weighted by molar-refractivity contribution is 0.177. The fourth-order valence-corrected chi connectivity index (χ4v) is 4.16. The molecule has 0 bridgehead atoms. The lowest BCUT2D eigenvalue weighted by Crippen LogP contribution is -2.36. The molecule has 116 valence electrons. The van der Waals surface area contributed by atoms with Gasteiger partial charge in [0, 0.05) is 19.1 Å². The molecule has 3 atom stereocenters. The molecule has 3 unspecified atom stereocenters. The maximum atomic E-state index is 3.73. The Morgan fingerprint density at radius 3 is 2.81 bits per heavy atom. The van der Waals surface area contributed by atoms with Gasteiger partial charge in [-0.2, -0.15) is 0 Å². The van der Waals surface area contributed by atoms with E-state index in [0.717, 1.165) is 18.4 Å². The van der Waals surface area contributed by atoms with Crippen molar-refractivity contribution in [2.45, 2.75) is 45.1 Å². The Hall–Kier alpha value is -0.860. The molecule has 1 saturated carbocycles. The molecular formula is C19H30N2. The summed E-state index contributed by atoms with van der Waals surface area (Å²) in [5.41, 5.74) is 1.45. The van der Waals surface area contributed by atoms with Crippen LogP contribution in [0.15, 0.2) is 30.3 Å². The normalized spacial score (nSPS) is 31.8. The van der Waals surface area contributed by atoms with Crippen LogP contribution in [0.5, 0.6) is 0 Å². The second-order valence-corrected chi connectivity index (χ2v) is 7.17. The van der Waals surface area contributed by atoms with Crippen LogP contribution in [-0.4, -0.2) is 31.1 Å². The van der Waals surface area contributed by atoms with Crippen molar-refractivity contribution in [3.63, 3.8) is 0 Å². The monoisotopic (exact) mass is 286 g/mol. The summed E-state index contributed by atoms with van der Waals surface area (Å²) in [6.45, 7) is 7.34. The molecule has 0 amide bonds. The molecule has 1 aliphatic carbocycles. The van der Waals surface area contributed by atoms with Crippen LogP contribution in [0, 0.1) is 11.8 Å². The fraction of sp³-hybridized carbons (Fsp3) is 0.684. The molecule has 1 aliphatic heterocycles. The van der Waals surface area contributed by atoms with Crippen molar-refractivity contribution < 1.29 is 0 Å². The maximum Gasteiger partial charge on any atom is 0.0449 e. The van der Waals surface area contributed by atoms with Crippen LogP contribution < -0.4 is 5.32 Å². The fourth-order valence-electron chi connectivity index (χ4n) is 4.16.